The van der Waals surface area contributed by atoms with Crippen molar-refractivity contribution in [3.05, 3.63) is 58.6 Å². The molecule has 0 aromatic heterocycles. The fourth-order valence-corrected chi connectivity index (χ4v) is 5.88. The number of rotatable bonds is 6. The summed E-state index contributed by atoms with van der Waals surface area (Å²) in [7, 11) is -3.81. The van der Waals surface area contributed by atoms with Crippen molar-refractivity contribution in [3.8, 4) is 0 Å². The van der Waals surface area contributed by atoms with E-state index in [1.165, 1.54) is 22.5 Å². The summed E-state index contributed by atoms with van der Waals surface area (Å²) < 4.78 is 27.8. The van der Waals surface area contributed by atoms with Gasteiger partial charge < -0.3 is 10.6 Å². The van der Waals surface area contributed by atoms with Gasteiger partial charge in [-0.25, -0.2) is 8.42 Å². The summed E-state index contributed by atoms with van der Waals surface area (Å²) >= 11 is 6.22. The van der Waals surface area contributed by atoms with Gasteiger partial charge in [-0.1, -0.05) is 24.6 Å². The normalized spacial score (nSPS) is 19.4. The number of amides is 2. The van der Waals surface area contributed by atoms with Gasteiger partial charge in [0, 0.05) is 35.9 Å². The number of nitrogens with zero attached hydrogens (tertiary/aromatic N) is 1. The Morgan fingerprint density at radius 2 is 1.78 bits per heavy atom. The van der Waals surface area contributed by atoms with Crippen LogP contribution in [0.2, 0.25) is 5.02 Å². The van der Waals surface area contributed by atoms with Gasteiger partial charge in [0.2, 0.25) is 10.0 Å². The van der Waals surface area contributed by atoms with Crippen LogP contribution in [0.5, 0.6) is 0 Å². The molecule has 2 amide bonds. The van der Waals surface area contributed by atoms with E-state index in [4.69, 9.17) is 11.6 Å². The van der Waals surface area contributed by atoms with E-state index >= 15 is 0 Å². The molecule has 2 N–H and O–H groups in total. The molecule has 1 aliphatic heterocycles. The maximum atomic E-state index is 13.2. The standard InChI is InChI=1S/C23H26ClN3O4S/c1-15-4-3-11-27(14-15)32(30,31)21-13-17(7-10-20(21)24)23(29)26-19-6-2-5-16(12-19)22(28)25-18-8-9-18/h2,5-7,10,12-13,15,18H,3-4,8-9,11,14H2,1H3,(H,25,28)(H,26,29). The molecule has 0 radical (unpaired) electrons. The minimum atomic E-state index is -3.81. The number of benzene rings is 2. The first-order chi connectivity index (χ1) is 15.2. The maximum Gasteiger partial charge on any atom is 0.255 e. The van der Waals surface area contributed by atoms with E-state index in [-0.39, 0.29) is 33.3 Å². The fraction of sp³-hybridized carbons (Fsp3) is 0.391. The number of piperidine rings is 1. The third-order valence-corrected chi connectivity index (χ3v) is 8.07. The number of sulfonamides is 1. The molecule has 2 fully saturated rings. The Hall–Kier alpha value is -2.42. The van der Waals surface area contributed by atoms with Crippen LogP contribution in [-0.2, 0) is 10.0 Å². The monoisotopic (exact) mass is 475 g/mol. The van der Waals surface area contributed by atoms with Crippen molar-refractivity contribution in [2.24, 2.45) is 5.92 Å². The number of hydrogen-bond donors (Lipinski definition) is 2. The van der Waals surface area contributed by atoms with Crippen LogP contribution in [0, 0.1) is 5.92 Å². The Labute approximate surface area is 193 Å². The first-order valence-corrected chi connectivity index (χ1v) is 12.6. The van der Waals surface area contributed by atoms with Crippen molar-refractivity contribution < 1.29 is 18.0 Å². The number of carbonyl (C=O) groups is 2. The highest BCUT2D eigenvalue weighted by Crippen LogP contribution is 2.29. The second-order valence-electron chi connectivity index (χ2n) is 8.54. The smallest absolute Gasteiger partial charge is 0.255 e. The maximum absolute atomic E-state index is 13.2. The van der Waals surface area contributed by atoms with Gasteiger partial charge in [0.25, 0.3) is 11.8 Å². The molecule has 1 saturated carbocycles. The second kappa shape index (κ2) is 9.21. The van der Waals surface area contributed by atoms with E-state index in [2.05, 4.69) is 10.6 Å². The molecule has 7 nitrogen and oxygen atoms in total. The zero-order valence-corrected chi connectivity index (χ0v) is 19.4. The topological polar surface area (TPSA) is 95.6 Å². The van der Waals surface area contributed by atoms with Crippen molar-refractivity contribution in [1.82, 2.24) is 9.62 Å². The molecule has 4 rings (SSSR count). The molecule has 32 heavy (non-hydrogen) atoms. The lowest BCUT2D eigenvalue weighted by molar-refractivity contribution is 0.0949. The Morgan fingerprint density at radius 3 is 2.50 bits per heavy atom. The molecule has 1 heterocycles. The summed E-state index contributed by atoms with van der Waals surface area (Å²) in [5.74, 6) is -0.391. The summed E-state index contributed by atoms with van der Waals surface area (Å²) in [6, 6.07) is 11.1. The Kier molecular flexibility index (Phi) is 6.55. The SMILES string of the molecule is CC1CCCN(S(=O)(=O)c2cc(C(=O)Nc3cccc(C(=O)NC4CC4)c3)ccc2Cl)C1. The Balaban J connectivity index is 1.53. The molecule has 2 aromatic rings. The van der Waals surface area contributed by atoms with Crippen LogP contribution in [-0.4, -0.2) is 43.7 Å². The molecule has 2 aromatic carbocycles. The molecule has 1 unspecified atom stereocenters. The van der Waals surface area contributed by atoms with Crippen LogP contribution in [0.15, 0.2) is 47.4 Å². The third kappa shape index (κ3) is 5.14. The molecule has 1 saturated heterocycles. The summed E-state index contributed by atoms with van der Waals surface area (Å²) in [5.41, 5.74) is 1.07. The van der Waals surface area contributed by atoms with Crippen molar-refractivity contribution >= 4 is 39.1 Å². The molecule has 170 valence electrons. The van der Waals surface area contributed by atoms with E-state index in [1.807, 2.05) is 6.92 Å². The van der Waals surface area contributed by atoms with E-state index in [1.54, 1.807) is 24.3 Å². The van der Waals surface area contributed by atoms with Crippen molar-refractivity contribution in [1.29, 1.82) is 0 Å². The number of carbonyl (C=O) groups excluding carboxylic acids is 2. The number of nitrogens with one attached hydrogen (secondary N) is 2. The average molecular weight is 476 g/mol. The second-order valence-corrected chi connectivity index (χ2v) is 10.9. The van der Waals surface area contributed by atoms with Gasteiger partial charge in [-0.05, 0) is 68.0 Å². The van der Waals surface area contributed by atoms with Crippen LogP contribution in [0.4, 0.5) is 5.69 Å². The van der Waals surface area contributed by atoms with Gasteiger partial charge in [0.1, 0.15) is 4.90 Å². The fourth-order valence-electron chi connectivity index (χ4n) is 3.78. The zero-order chi connectivity index (χ0) is 22.9. The quantitative estimate of drug-likeness (QED) is 0.662. The highest BCUT2D eigenvalue weighted by molar-refractivity contribution is 7.89. The summed E-state index contributed by atoms with van der Waals surface area (Å²) in [4.78, 5) is 25.0. The third-order valence-electron chi connectivity index (χ3n) is 5.73. The van der Waals surface area contributed by atoms with Crippen LogP contribution < -0.4 is 10.6 Å². The summed E-state index contributed by atoms with van der Waals surface area (Å²) in [6.07, 6.45) is 3.75. The summed E-state index contributed by atoms with van der Waals surface area (Å²) in [5, 5.41) is 5.73. The number of halogens is 1. The van der Waals surface area contributed by atoms with Gasteiger partial charge in [0.05, 0.1) is 5.02 Å². The van der Waals surface area contributed by atoms with Gasteiger partial charge in [-0.3, -0.25) is 9.59 Å². The lowest BCUT2D eigenvalue weighted by Crippen LogP contribution is -2.39. The Bertz CT molecular complexity index is 1150. The molecule has 1 aliphatic carbocycles. The average Bonchev–Trinajstić information content (AvgIpc) is 3.58. The van der Waals surface area contributed by atoms with Crippen molar-refractivity contribution in [3.63, 3.8) is 0 Å². The van der Waals surface area contributed by atoms with Crippen LogP contribution in [0.3, 0.4) is 0 Å². The van der Waals surface area contributed by atoms with Crippen LogP contribution >= 0.6 is 11.6 Å². The molecule has 1 atom stereocenters. The molecule has 2 aliphatic rings. The molecular weight excluding hydrogens is 450 g/mol. The van der Waals surface area contributed by atoms with Crippen molar-refractivity contribution in [2.75, 3.05) is 18.4 Å². The lowest BCUT2D eigenvalue weighted by Gasteiger charge is -2.30. The first kappa shape index (κ1) is 22.8. The minimum absolute atomic E-state index is 0.0709. The highest BCUT2D eigenvalue weighted by atomic mass is 35.5. The van der Waals surface area contributed by atoms with Gasteiger partial charge >= 0.3 is 0 Å². The first-order valence-electron chi connectivity index (χ1n) is 10.8. The van der Waals surface area contributed by atoms with Gasteiger partial charge in [-0.2, -0.15) is 4.31 Å². The Morgan fingerprint density at radius 1 is 1.03 bits per heavy atom. The van der Waals surface area contributed by atoms with Gasteiger partial charge in [-0.15, -0.1) is 0 Å². The molecule has 0 bridgehead atoms. The molecule has 9 heteroatoms. The molecule has 0 spiro atoms. The highest BCUT2D eigenvalue weighted by Gasteiger charge is 2.31. The minimum Gasteiger partial charge on any atom is -0.349 e. The predicted molar refractivity (Wildman–Crippen MR) is 123 cm³/mol. The zero-order valence-electron chi connectivity index (χ0n) is 17.8. The largest absolute Gasteiger partial charge is 0.349 e. The van der Waals surface area contributed by atoms with Crippen LogP contribution in [0.1, 0.15) is 53.3 Å². The van der Waals surface area contributed by atoms with E-state index in [0.29, 0.717) is 24.3 Å². The molecular formula is C23H26ClN3O4S. The lowest BCUT2D eigenvalue weighted by atomic mass is 10.0. The van der Waals surface area contributed by atoms with E-state index in [0.717, 1.165) is 25.7 Å². The predicted octanol–water partition coefficient (Wildman–Crippen LogP) is 3.91. The summed E-state index contributed by atoms with van der Waals surface area (Å²) in [6.45, 7) is 2.89. The number of hydrogen-bond acceptors (Lipinski definition) is 4. The van der Waals surface area contributed by atoms with Gasteiger partial charge in [0.15, 0.2) is 0 Å². The number of anilines is 1. The van der Waals surface area contributed by atoms with E-state index in [9.17, 15) is 18.0 Å². The van der Waals surface area contributed by atoms with E-state index < -0.39 is 15.9 Å². The van der Waals surface area contributed by atoms with Crippen LogP contribution in [0.25, 0.3) is 0 Å². The van der Waals surface area contributed by atoms with Crippen molar-refractivity contribution in [2.45, 2.75) is 43.5 Å².